The van der Waals surface area contributed by atoms with Crippen molar-refractivity contribution < 1.29 is 27.8 Å². The predicted octanol–water partition coefficient (Wildman–Crippen LogP) is 6.22. The first-order valence-electron chi connectivity index (χ1n) is 12.8. The maximum Gasteiger partial charge on any atom is 0.306 e. The Morgan fingerprint density at radius 1 is 1.08 bits per heavy atom. The second kappa shape index (κ2) is 12.7. The molecule has 6 nitrogen and oxygen atoms in total. The SMILES string of the molecule is COC(=O)CC1(CCCc2c(Cl)cnc3ccc(OC)cc23)CCN(CCOc2cc(F)cc(F)c2)CC1. The highest BCUT2D eigenvalue weighted by molar-refractivity contribution is 6.32. The van der Waals surface area contributed by atoms with E-state index in [9.17, 15) is 13.6 Å². The first-order valence-corrected chi connectivity index (χ1v) is 13.2. The lowest BCUT2D eigenvalue weighted by atomic mass is 9.72. The number of fused-ring (bicyclic) bond motifs is 1. The van der Waals surface area contributed by atoms with E-state index < -0.39 is 11.6 Å². The summed E-state index contributed by atoms with van der Waals surface area (Å²) in [5.74, 6) is -0.591. The van der Waals surface area contributed by atoms with Gasteiger partial charge in [-0.25, -0.2) is 8.78 Å². The molecule has 3 aromatic rings. The smallest absolute Gasteiger partial charge is 0.306 e. The molecule has 2 aromatic carbocycles. The van der Waals surface area contributed by atoms with Gasteiger partial charge < -0.3 is 14.2 Å². The molecule has 9 heteroatoms. The number of piperidine rings is 1. The number of rotatable bonds is 11. The third-order valence-electron chi connectivity index (χ3n) is 7.44. The van der Waals surface area contributed by atoms with Crippen LogP contribution in [0.4, 0.5) is 8.78 Å². The van der Waals surface area contributed by atoms with Crippen LogP contribution in [0.3, 0.4) is 0 Å². The number of halogens is 3. The molecule has 4 rings (SSSR count). The highest BCUT2D eigenvalue weighted by Crippen LogP contribution is 2.41. The van der Waals surface area contributed by atoms with Crippen molar-refractivity contribution in [2.45, 2.75) is 38.5 Å². The predicted molar refractivity (Wildman–Crippen MR) is 143 cm³/mol. The summed E-state index contributed by atoms with van der Waals surface area (Å²) in [6.45, 7) is 2.55. The van der Waals surface area contributed by atoms with Crippen molar-refractivity contribution in [1.29, 1.82) is 0 Å². The number of carbonyl (C=O) groups excluding carboxylic acids is 1. The van der Waals surface area contributed by atoms with E-state index in [-0.39, 0.29) is 17.1 Å². The molecule has 0 amide bonds. The van der Waals surface area contributed by atoms with E-state index in [0.717, 1.165) is 73.5 Å². The highest BCUT2D eigenvalue weighted by atomic mass is 35.5. The fourth-order valence-electron chi connectivity index (χ4n) is 5.27. The van der Waals surface area contributed by atoms with Crippen LogP contribution in [0.2, 0.25) is 5.02 Å². The summed E-state index contributed by atoms with van der Waals surface area (Å²) >= 11 is 6.55. The number of aromatic nitrogens is 1. The molecule has 1 aliphatic heterocycles. The number of aryl methyl sites for hydroxylation is 1. The van der Waals surface area contributed by atoms with Crippen LogP contribution in [0.5, 0.6) is 11.5 Å². The first-order chi connectivity index (χ1) is 18.3. The summed E-state index contributed by atoms with van der Waals surface area (Å²) in [7, 11) is 3.06. The van der Waals surface area contributed by atoms with E-state index in [1.165, 1.54) is 19.2 Å². The number of esters is 1. The molecular formula is C29H33ClF2N2O4. The van der Waals surface area contributed by atoms with E-state index >= 15 is 0 Å². The number of pyridine rings is 1. The molecule has 1 fully saturated rings. The van der Waals surface area contributed by atoms with Crippen molar-refractivity contribution in [3.63, 3.8) is 0 Å². The maximum atomic E-state index is 13.4. The van der Waals surface area contributed by atoms with Gasteiger partial charge in [0.1, 0.15) is 29.7 Å². The molecule has 0 atom stereocenters. The van der Waals surface area contributed by atoms with Crippen molar-refractivity contribution in [2.75, 3.05) is 40.5 Å². The third-order valence-corrected chi connectivity index (χ3v) is 7.77. The van der Waals surface area contributed by atoms with Gasteiger partial charge in [-0.2, -0.15) is 0 Å². The molecule has 1 aliphatic rings. The van der Waals surface area contributed by atoms with Crippen molar-refractivity contribution in [3.05, 3.63) is 64.8 Å². The largest absolute Gasteiger partial charge is 0.497 e. The average Bonchev–Trinajstić information content (AvgIpc) is 2.90. The number of methoxy groups -OCH3 is 2. The van der Waals surface area contributed by atoms with E-state index in [1.54, 1.807) is 13.3 Å². The summed E-state index contributed by atoms with van der Waals surface area (Å²) in [5, 5.41) is 1.60. The molecule has 38 heavy (non-hydrogen) atoms. The quantitative estimate of drug-likeness (QED) is 0.266. The monoisotopic (exact) mass is 546 g/mol. The topological polar surface area (TPSA) is 60.9 Å². The van der Waals surface area contributed by atoms with E-state index in [2.05, 4.69) is 9.88 Å². The molecule has 0 saturated carbocycles. The van der Waals surface area contributed by atoms with Crippen LogP contribution in [0.25, 0.3) is 10.9 Å². The van der Waals surface area contributed by atoms with E-state index in [1.807, 2.05) is 18.2 Å². The minimum Gasteiger partial charge on any atom is -0.497 e. The molecule has 0 spiro atoms. The molecule has 0 aliphatic carbocycles. The Morgan fingerprint density at radius 3 is 2.50 bits per heavy atom. The van der Waals surface area contributed by atoms with Crippen LogP contribution >= 0.6 is 11.6 Å². The number of benzene rings is 2. The Balaban J connectivity index is 1.36. The number of nitrogens with zero attached hydrogens (tertiary/aromatic N) is 2. The van der Waals surface area contributed by atoms with Gasteiger partial charge in [0.25, 0.3) is 0 Å². The minimum absolute atomic E-state index is 0.164. The molecule has 2 heterocycles. The highest BCUT2D eigenvalue weighted by Gasteiger charge is 2.36. The number of ether oxygens (including phenoxy) is 3. The van der Waals surface area contributed by atoms with Crippen molar-refractivity contribution in [1.82, 2.24) is 9.88 Å². The van der Waals surface area contributed by atoms with Gasteiger partial charge in [-0.1, -0.05) is 11.6 Å². The van der Waals surface area contributed by atoms with E-state index in [4.69, 9.17) is 25.8 Å². The Hall–Kier alpha value is -2.97. The fourth-order valence-corrected chi connectivity index (χ4v) is 5.52. The van der Waals surface area contributed by atoms with Crippen LogP contribution < -0.4 is 9.47 Å². The molecule has 204 valence electrons. The minimum atomic E-state index is -0.661. The normalized spacial score (nSPS) is 15.4. The summed E-state index contributed by atoms with van der Waals surface area (Å²) in [6.07, 6.45) is 6.23. The first kappa shape index (κ1) is 28.0. The maximum absolute atomic E-state index is 13.4. The molecule has 1 saturated heterocycles. The second-order valence-electron chi connectivity index (χ2n) is 9.87. The van der Waals surface area contributed by atoms with Crippen LogP contribution in [-0.2, 0) is 16.0 Å². The van der Waals surface area contributed by atoms with Crippen molar-refractivity contribution >= 4 is 28.5 Å². The van der Waals surface area contributed by atoms with Gasteiger partial charge in [-0.05, 0) is 74.4 Å². The Bertz CT molecular complexity index is 1240. The fraction of sp³-hybridized carbons (Fsp3) is 0.448. The molecule has 0 bridgehead atoms. The number of hydrogen-bond donors (Lipinski definition) is 0. The second-order valence-corrected chi connectivity index (χ2v) is 10.3. The van der Waals surface area contributed by atoms with Gasteiger partial charge in [0, 0.05) is 36.3 Å². The standard InChI is InChI=1S/C29H33ClF2N2O4/c1-36-22-5-6-27-25(17-22)24(26(30)19-33-27)4-3-7-29(18-28(35)37-2)8-10-34(11-9-29)12-13-38-23-15-20(31)14-21(32)16-23/h5-6,14-17,19H,3-4,7-13,18H2,1-2H3. The van der Waals surface area contributed by atoms with Gasteiger partial charge in [0.05, 0.1) is 31.2 Å². The molecular weight excluding hydrogens is 514 g/mol. The summed E-state index contributed by atoms with van der Waals surface area (Å²) < 4.78 is 42.8. The number of carbonyl (C=O) groups is 1. The van der Waals surface area contributed by atoms with Crippen LogP contribution in [-0.4, -0.2) is 56.3 Å². The zero-order valence-electron chi connectivity index (χ0n) is 21.8. The molecule has 0 N–H and O–H groups in total. The Morgan fingerprint density at radius 2 is 1.82 bits per heavy atom. The van der Waals surface area contributed by atoms with Crippen LogP contribution in [0.1, 0.15) is 37.7 Å². The van der Waals surface area contributed by atoms with Gasteiger partial charge in [0.2, 0.25) is 0 Å². The Labute approximate surface area is 226 Å². The summed E-state index contributed by atoms with van der Waals surface area (Å²) in [4.78, 5) is 19.0. The zero-order chi connectivity index (χ0) is 27.1. The lowest BCUT2D eigenvalue weighted by Gasteiger charge is -2.41. The third kappa shape index (κ3) is 7.11. The van der Waals surface area contributed by atoms with Crippen molar-refractivity contribution in [2.24, 2.45) is 5.41 Å². The van der Waals surface area contributed by atoms with E-state index in [0.29, 0.717) is 24.6 Å². The van der Waals surface area contributed by atoms with Gasteiger partial charge in [-0.3, -0.25) is 14.7 Å². The van der Waals surface area contributed by atoms with Crippen molar-refractivity contribution in [3.8, 4) is 11.5 Å². The summed E-state index contributed by atoms with van der Waals surface area (Å²) in [5.41, 5.74) is 1.74. The molecule has 0 radical (unpaired) electrons. The molecule has 0 unspecified atom stereocenters. The summed E-state index contributed by atoms with van der Waals surface area (Å²) in [6, 6.07) is 8.95. The Kier molecular flexibility index (Phi) is 9.39. The van der Waals surface area contributed by atoms with Crippen LogP contribution in [0.15, 0.2) is 42.6 Å². The van der Waals surface area contributed by atoms with Crippen LogP contribution in [0, 0.1) is 17.0 Å². The lowest BCUT2D eigenvalue weighted by molar-refractivity contribution is -0.144. The molecule has 1 aromatic heterocycles. The van der Waals surface area contributed by atoms with Gasteiger partial charge >= 0.3 is 5.97 Å². The number of likely N-dealkylation sites (tertiary alicyclic amines) is 1. The van der Waals surface area contributed by atoms with Gasteiger partial charge in [-0.15, -0.1) is 0 Å². The number of hydrogen-bond acceptors (Lipinski definition) is 6. The van der Waals surface area contributed by atoms with Gasteiger partial charge in [0.15, 0.2) is 0 Å². The zero-order valence-corrected chi connectivity index (χ0v) is 22.5. The average molecular weight is 547 g/mol. The lowest BCUT2D eigenvalue weighted by Crippen LogP contribution is -2.42.